The number of benzene rings is 1. The van der Waals surface area contributed by atoms with E-state index in [9.17, 15) is 9.18 Å². The van der Waals surface area contributed by atoms with Gasteiger partial charge in [0.05, 0.1) is 11.7 Å². The molecule has 0 fully saturated rings. The van der Waals surface area contributed by atoms with E-state index in [0.717, 1.165) is 18.9 Å². The van der Waals surface area contributed by atoms with Gasteiger partial charge in [0, 0.05) is 5.69 Å². The zero-order chi connectivity index (χ0) is 12.1. The maximum Gasteiger partial charge on any atom is 0.341 e. The van der Waals surface area contributed by atoms with Crippen LogP contribution in [0.15, 0.2) is 18.2 Å². The van der Waals surface area contributed by atoms with Crippen LogP contribution in [0.1, 0.15) is 37.0 Å². The number of halogens is 1. The molecule has 3 nitrogen and oxygen atoms in total. The molecule has 0 saturated heterocycles. The Morgan fingerprint density at radius 1 is 1.56 bits per heavy atom. The number of anilines is 1. The third kappa shape index (κ3) is 3.22. The monoisotopic (exact) mass is 225 g/mol. The van der Waals surface area contributed by atoms with Crippen LogP contribution >= 0.6 is 0 Å². The Bertz CT molecular complexity index is 379. The number of nitrogens with two attached hydrogens (primary N) is 1. The second kappa shape index (κ2) is 5.49. The Kier molecular flexibility index (Phi) is 4.28. The van der Waals surface area contributed by atoms with E-state index in [1.807, 2.05) is 6.92 Å². The first-order valence-electron chi connectivity index (χ1n) is 5.30. The van der Waals surface area contributed by atoms with Gasteiger partial charge < -0.3 is 10.5 Å². The first-order valence-corrected chi connectivity index (χ1v) is 5.30. The third-order valence-corrected chi connectivity index (χ3v) is 2.21. The van der Waals surface area contributed by atoms with Crippen molar-refractivity contribution in [3.05, 3.63) is 29.6 Å². The van der Waals surface area contributed by atoms with Crippen LogP contribution in [-0.4, -0.2) is 12.1 Å². The van der Waals surface area contributed by atoms with E-state index >= 15 is 0 Å². The predicted octanol–water partition coefficient (Wildman–Crippen LogP) is 2.75. The normalized spacial score (nSPS) is 12.2. The summed E-state index contributed by atoms with van der Waals surface area (Å²) in [6, 6.07) is 3.86. The van der Waals surface area contributed by atoms with Crippen LogP contribution in [0.25, 0.3) is 0 Å². The maximum absolute atomic E-state index is 13.3. The number of hydrogen-bond acceptors (Lipinski definition) is 3. The minimum absolute atomic E-state index is 0.108. The lowest BCUT2D eigenvalue weighted by molar-refractivity contribution is 0.0318. The summed E-state index contributed by atoms with van der Waals surface area (Å²) in [5, 5.41) is 0. The van der Waals surface area contributed by atoms with Crippen molar-refractivity contribution in [3.8, 4) is 0 Å². The number of ether oxygens (including phenoxy) is 1. The summed E-state index contributed by atoms with van der Waals surface area (Å²) < 4.78 is 18.4. The third-order valence-electron chi connectivity index (χ3n) is 2.21. The van der Waals surface area contributed by atoms with Gasteiger partial charge in [-0.1, -0.05) is 13.3 Å². The number of carbonyl (C=O) groups excluding carboxylic acids is 1. The van der Waals surface area contributed by atoms with Crippen molar-refractivity contribution in [2.75, 3.05) is 5.73 Å². The van der Waals surface area contributed by atoms with Crippen molar-refractivity contribution < 1.29 is 13.9 Å². The minimum atomic E-state index is -0.661. The van der Waals surface area contributed by atoms with Gasteiger partial charge in [0.1, 0.15) is 5.82 Å². The van der Waals surface area contributed by atoms with Crippen LogP contribution < -0.4 is 5.73 Å². The molecule has 0 bridgehead atoms. The van der Waals surface area contributed by atoms with Gasteiger partial charge in [-0.05, 0) is 31.5 Å². The quantitative estimate of drug-likeness (QED) is 0.633. The Hall–Kier alpha value is -1.58. The fourth-order valence-corrected chi connectivity index (χ4v) is 1.41. The van der Waals surface area contributed by atoms with E-state index in [1.54, 1.807) is 6.92 Å². The zero-order valence-corrected chi connectivity index (χ0v) is 9.50. The molecule has 0 aliphatic heterocycles. The van der Waals surface area contributed by atoms with Gasteiger partial charge in [0.15, 0.2) is 0 Å². The second-order valence-corrected chi connectivity index (χ2v) is 3.74. The molecule has 1 atom stereocenters. The summed E-state index contributed by atoms with van der Waals surface area (Å²) in [5.74, 6) is -1.27. The first-order chi connectivity index (χ1) is 7.54. The molecule has 1 aromatic rings. The van der Waals surface area contributed by atoms with Gasteiger partial charge >= 0.3 is 5.97 Å². The van der Waals surface area contributed by atoms with Crippen LogP contribution in [0, 0.1) is 5.82 Å². The molecule has 0 spiro atoms. The van der Waals surface area contributed by atoms with Gasteiger partial charge in [-0.2, -0.15) is 0 Å². The standard InChI is InChI=1S/C12H16FNO2/c1-3-4-8(2)16-12(15)10-7-9(14)5-6-11(10)13/h5-8H,3-4,14H2,1-2H3. The molecular weight excluding hydrogens is 209 g/mol. The summed E-state index contributed by atoms with van der Waals surface area (Å²) in [5.41, 5.74) is 5.72. The lowest BCUT2D eigenvalue weighted by Gasteiger charge is -2.12. The fourth-order valence-electron chi connectivity index (χ4n) is 1.41. The van der Waals surface area contributed by atoms with Gasteiger partial charge in [-0.15, -0.1) is 0 Å². The molecule has 1 rings (SSSR count). The molecule has 0 aromatic heterocycles. The number of carbonyl (C=O) groups is 1. The molecular formula is C12H16FNO2. The van der Waals surface area contributed by atoms with Crippen LogP contribution in [0.4, 0.5) is 10.1 Å². The van der Waals surface area contributed by atoms with Crippen LogP contribution in [0.5, 0.6) is 0 Å². The smallest absolute Gasteiger partial charge is 0.341 e. The second-order valence-electron chi connectivity index (χ2n) is 3.74. The Balaban J connectivity index is 2.76. The van der Waals surface area contributed by atoms with Crippen molar-refractivity contribution in [3.63, 3.8) is 0 Å². The van der Waals surface area contributed by atoms with Crippen molar-refractivity contribution in [1.29, 1.82) is 0 Å². The van der Waals surface area contributed by atoms with Gasteiger partial charge in [-0.3, -0.25) is 0 Å². The molecule has 88 valence electrons. The molecule has 0 amide bonds. The van der Waals surface area contributed by atoms with Crippen molar-refractivity contribution in [2.24, 2.45) is 0 Å². The zero-order valence-electron chi connectivity index (χ0n) is 9.50. The minimum Gasteiger partial charge on any atom is -0.459 e. The predicted molar refractivity (Wildman–Crippen MR) is 60.6 cm³/mol. The summed E-state index contributed by atoms with van der Waals surface area (Å²) in [4.78, 5) is 11.6. The molecule has 1 aromatic carbocycles. The molecule has 0 heterocycles. The lowest BCUT2D eigenvalue weighted by atomic mass is 10.2. The lowest BCUT2D eigenvalue weighted by Crippen LogP contribution is -2.16. The number of hydrogen-bond donors (Lipinski definition) is 1. The van der Waals surface area contributed by atoms with E-state index in [0.29, 0.717) is 5.69 Å². The highest BCUT2D eigenvalue weighted by atomic mass is 19.1. The van der Waals surface area contributed by atoms with Gasteiger partial charge in [0.25, 0.3) is 0 Å². The highest BCUT2D eigenvalue weighted by molar-refractivity contribution is 5.90. The van der Waals surface area contributed by atoms with E-state index in [2.05, 4.69) is 0 Å². The molecule has 0 radical (unpaired) electrons. The topological polar surface area (TPSA) is 52.3 Å². The van der Waals surface area contributed by atoms with Crippen LogP contribution in [0.3, 0.4) is 0 Å². The molecule has 1 unspecified atom stereocenters. The number of nitrogen functional groups attached to an aromatic ring is 1. The van der Waals surface area contributed by atoms with E-state index in [4.69, 9.17) is 10.5 Å². The molecule has 0 aliphatic carbocycles. The molecule has 0 saturated carbocycles. The molecule has 16 heavy (non-hydrogen) atoms. The highest BCUT2D eigenvalue weighted by Gasteiger charge is 2.15. The largest absolute Gasteiger partial charge is 0.459 e. The first kappa shape index (κ1) is 12.5. The SMILES string of the molecule is CCCC(C)OC(=O)c1cc(N)ccc1F. The van der Waals surface area contributed by atoms with Crippen LogP contribution in [0.2, 0.25) is 0 Å². The van der Waals surface area contributed by atoms with Gasteiger partial charge in [0.2, 0.25) is 0 Å². The Morgan fingerprint density at radius 2 is 2.25 bits per heavy atom. The highest BCUT2D eigenvalue weighted by Crippen LogP contribution is 2.14. The molecule has 2 N–H and O–H groups in total. The average Bonchev–Trinajstić information content (AvgIpc) is 2.21. The summed E-state index contributed by atoms with van der Waals surface area (Å²) in [7, 11) is 0. The summed E-state index contributed by atoms with van der Waals surface area (Å²) in [6.45, 7) is 3.77. The molecule has 0 aliphatic rings. The molecule has 4 heteroatoms. The average molecular weight is 225 g/mol. The van der Waals surface area contributed by atoms with E-state index in [-0.39, 0.29) is 11.7 Å². The Labute approximate surface area is 94.4 Å². The summed E-state index contributed by atoms with van der Waals surface area (Å²) >= 11 is 0. The maximum atomic E-state index is 13.3. The van der Waals surface area contributed by atoms with Crippen molar-refractivity contribution in [2.45, 2.75) is 32.8 Å². The fraction of sp³-hybridized carbons (Fsp3) is 0.417. The van der Waals surface area contributed by atoms with E-state index < -0.39 is 11.8 Å². The van der Waals surface area contributed by atoms with Crippen LogP contribution in [-0.2, 0) is 4.74 Å². The number of esters is 1. The van der Waals surface area contributed by atoms with Crippen molar-refractivity contribution in [1.82, 2.24) is 0 Å². The van der Waals surface area contributed by atoms with Crippen molar-refractivity contribution >= 4 is 11.7 Å². The summed E-state index contributed by atoms with van der Waals surface area (Å²) in [6.07, 6.45) is 1.46. The van der Waals surface area contributed by atoms with E-state index in [1.165, 1.54) is 12.1 Å². The Morgan fingerprint density at radius 3 is 2.88 bits per heavy atom. The number of rotatable bonds is 4. The van der Waals surface area contributed by atoms with Gasteiger partial charge in [-0.25, -0.2) is 9.18 Å².